The van der Waals surface area contributed by atoms with Crippen LogP contribution in [0, 0.1) is 0 Å². The molecule has 0 spiro atoms. The second-order valence-corrected chi connectivity index (χ2v) is 4.71. The Bertz CT molecular complexity index is 329. The van der Waals surface area contributed by atoms with Gasteiger partial charge in [0.1, 0.15) is 0 Å². The van der Waals surface area contributed by atoms with Gasteiger partial charge >= 0.3 is 0 Å². The molecule has 0 aliphatic rings. The number of amides is 1. The first-order chi connectivity index (χ1) is 8.29. The fourth-order valence-corrected chi connectivity index (χ4v) is 2.32. The molecule has 0 heterocycles. The monoisotopic (exact) mass is 253 g/mol. The zero-order valence-corrected chi connectivity index (χ0v) is 10.9. The van der Waals surface area contributed by atoms with Gasteiger partial charge in [0.25, 0.3) is 0 Å². The smallest absolute Gasteiger partial charge is 0.236 e. The number of thioether (sulfide) groups is 1. The largest absolute Gasteiger partial charge is 0.396 e. The highest BCUT2D eigenvalue weighted by Crippen LogP contribution is 2.15. The predicted octanol–water partition coefficient (Wildman–Crippen LogP) is 2.16. The van der Waals surface area contributed by atoms with Crippen molar-refractivity contribution in [1.29, 1.82) is 0 Å². The van der Waals surface area contributed by atoms with Crippen LogP contribution in [0.2, 0.25) is 0 Å². The second kappa shape index (κ2) is 8.14. The Balaban J connectivity index is 2.48. The molecule has 0 radical (unpaired) electrons. The third-order valence-corrected chi connectivity index (χ3v) is 3.39. The van der Waals surface area contributed by atoms with Crippen molar-refractivity contribution in [2.24, 2.45) is 0 Å². The van der Waals surface area contributed by atoms with Gasteiger partial charge < -0.3 is 10.0 Å². The number of benzene rings is 1. The van der Waals surface area contributed by atoms with E-state index in [2.05, 4.69) is 0 Å². The van der Waals surface area contributed by atoms with Crippen molar-refractivity contribution in [3.05, 3.63) is 30.3 Å². The first-order valence-corrected chi connectivity index (χ1v) is 6.99. The quantitative estimate of drug-likeness (QED) is 0.757. The Morgan fingerprint density at radius 3 is 2.65 bits per heavy atom. The molecule has 0 aliphatic heterocycles. The molecule has 1 amide bonds. The van der Waals surface area contributed by atoms with E-state index in [1.165, 1.54) is 0 Å². The maximum atomic E-state index is 12.0. The molecule has 94 valence electrons. The van der Waals surface area contributed by atoms with Gasteiger partial charge in [-0.3, -0.25) is 4.79 Å². The molecule has 1 rings (SSSR count). The van der Waals surface area contributed by atoms with Gasteiger partial charge in [0, 0.05) is 18.8 Å². The first-order valence-electron chi connectivity index (χ1n) is 5.83. The summed E-state index contributed by atoms with van der Waals surface area (Å²) in [5.74, 6) is 1.43. The Labute approximate surface area is 107 Å². The van der Waals surface area contributed by atoms with Crippen molar-refractivity contribution in [3.8, 4) is 0 Å². The molecule has 3 nitrogen and oxygen atoms in total. The molecule has 0 fully saturated rings. The topological polar surface area (TPSA) is 40.5 Å². The Kier molecular flexibility index (Phi) is 6.74. The van der Waals surface area contributed by atoms with Crippen molar-refractivity contribution in [1.82, 2.24) is 0 Å². The molecular formula is C13H19NO2S. The molecule has 1 aromatic carbocycles. The summed E-state index contributed by atoms with van der Waals surface area (Å²) in [5, 5.41) is 8.66. The van der Waals surface area contributed by atoms with Gasteiger partial charge in [-0.1, -0.05) is 18.2 Å². The van der Waals surface area contributed by atoms with Crippen LogP contribution >= 0.6 is 11.8 Å². The molecule has 0 aromatic heterocycles. The van der Waals surface area contributed by atoms with Crippen LogP contribution in [0.1, 0.15) is 13.3 Å². The highest BCUT2D eigenvalue weighted by Gasteiger charge is 2.12. The molecule has 0 atom stereocenters. The lowest BCUT2D eigenvalue weighted by Gasteiger charge is -2.20. The Morgan fingerprint density at radius 2 is 2.06 bits per heavy atom. The average molecular weight is 253 g/mol. The van der Waals surface area contributed by atoms with Gasteiger partial charge in [-0.25, -0.2) is 0 Å². The Hall–Kier alpha value is -1.00. The van der Waals surface area contributed by atoms with Crippen LogP contribution in [0.4, 0.5) is 5.69 Å². The van der Waals surface area contributed by atoms with Gasteiger partial charge in [-0.15, -0.1) is 0 Å². The van der Waals surface area contributed by atoms with E-state index in [4.69, 9.17) is 5.11 Å². The lowest BCUT2D eigenvalue weighted by Crippen LogP contribution is -2.32. The summed E-state index contributed by atoms with van der Waals surface area (Å²) in [5.41, 5.74) is 0.947. The number of hydrogen-bond acceptors (Lipinski definition) is 3. The van der Waals surface area contributed by atoms with Crippen LogP contribution in [0.5, 0.6) is 0 Å². The minimum absolute atomic E-state index is 0.127. The molecule has 0 saturated heterocycles. The summed E-state index contributed by atoms with van der Waals surface area (Å²) in [6.07, 6.45) is 0.745. The van der Waals surface area contributed by atoms with E-state index in [9.17, 15) is 4.79 Å². The molecule has 0 bridgehead atoms. The summed E-state index contributed by atoms with van der Waals surface area (Å²) in [6, 6.07) is 9.70. The summed E-state index contributed by atoms with van der Waals surface area (Å²) >= 11 is 1.57. The van der Waals surface area contributed by atoms with Crippen molar-refractivity contribution < 1.29 is 9.90 Å². The SMILES string of the molecule is CCN(C(=O)CSCCCO)c1ccccc1. The van der Waals surface area contributed by atoms with Crippen molar-refractivity contribution in [2.75, 3.05) is 29.6 Å². The number of rotatable bonds is 7. The highest BCUT2D eigenvalue weighted by atomic mass is 32.2. The van der Waals surface area contributed by atoms with E-state index in [1.807, 2.05) is 37.3 Å². The fraction of sp³-hybridized carbons (Fsp3) is 0.462. The van der Waals surface area contributed by atoms with Gasteiger partial charge in [0.15, 0.2) is 0 Å². The summed E-state index contributed by atoms with van der Waals surface area (Å²) in [6.45, 7) is 2.85. The predicted molar refractivity (Wildman–Crippen MR) is 73.5 cm³/mol. The summed E-state index contributed by atoms with van der Waals surface area (Å²) in [4.78, 5) is 13.8. The normalized spacial score (nSPS) is 10.2. The zero-order valence-electron chi connectivity index (χ0n) is 10.1. The molecule has 0 aliphatic carbocycles. The Morgan fingerprint density at radius 1 is 1.35 bits per heavy atom. The number of carbonyl (C=O) groups is 1. The van der Waals surface area contributed by atoms with Crippen molar-refractivity contribution in [2.45, 2.75) is 13.3 Å². The third kappa shape index (κ3) is 4.79. The third-order valence-electron chi connectivity index (χ3n) is 2.36. The summed E-state index contributed by atoms with van der Waals surface area (Å²) in [7, 11) is 0. The minimum atomic E-state index is 0.127. The maximum absolute atomic E-state index is 12.0. The molecule has 4 heteroatoms. The van der Waals surface area contributed by atoms with Crippen LogP contribution in [-0.4, -0.2) is 35.7 Å². The molecule has 1 N–H and O–H groups in total. The molecule has 0 saturated carbocycles. The number of aliphatic hydroxyl groups excluding tert-OH is 1. The standard InChI is InChI=1S/C13H19NO2S/c1-2-14(12-7-4-3-5-8-12)13(16)11-17-10-6-9-15/h3-5,7-8,15H,2,6,9-11H2,1H3. The number of aliphatic hydroxyl groups is 1. The molecule has 1 aromatic rings. The van der Waals surface area contributed by atoms with Crippen molar-refractivity contribution >= 4 is 23.4 Å². The van der Waals surface area contributed by atoms with Crippen molar-refractivity contribution in [3.63, 3.8) is 0 Å². The van der Waals surface area contributed by atoms with Gasteiger partial charge in [-0.05, 0) is 31.2 Å². The minimum Gasteiger partial charge on any atom is -0.396 e. The molecule has 17 heavy (non-hydrogen) atoms. The molecular weight excluding hydrogens is 234 g/mol. The van der Waals surface area contributed by atoms with Gasteiger partial charge in [0.2, 0.25) is 5.91 Å². The lowest BCUT2D eigenvalue weighted by atomic mass is 10.3. The zero-order chi connectivity index (χ0) is 12.5. The van der Waals surface area contributed by atoms with E-state index in [-0.39, 0.29) is 12.5 Å². The first kappa shape index (κ1) is 14.1. The fourth-order valence-electron chi connectivity index (χ4n) is 1.51. The number of hydrogen-bond donors (Lipinski definition) is 1. The summed E-state index contributed by atoms with van der Waals surface area (Å²) < 4.78 is 0. The number of para-hydroxylation sites is 1. The maximum Gasteiger partial charge on any atom is 0.236 e. The van der Waals surface area contributed by atoms with Gasteiger partial charge in [0.05, 0.1) is 5.75 Å². The lowest BCUT2D eigenvalue weighted by molar-refractivity contribution is -0.116. The van der Waals surface area contributed by atoms with Gasteiger partial charge in [-0.2, -0.15) is 11.8 Å². The van der Waals surface area contributed by atoms with E-state index in [1.54, 1.807) is 16.7 Å². The van der Waals surface area contributed by atoms with Crippen LogP contribution in [0.3, 0.4) is 0 Å². The van der Waals surface area contributed by atoms with E-state index in [0.717, 1.165) is 17.9 Å². The number of anilines is 1. The van der Waals surface area contributed by atoms with Crippen LogP contribution in [0.15, 0.2) is 30.3 Å². The molecule has 0 unspecified atom stereocenters. The van der Waals surface area contributed by atoms with E-state index < -0.39 is 0 Å². The van der Waals surface area contributed by atoms with Crippen LogP contribution in [-0.2, 0) is 4.79 Å². The average Bonchev–Trinajstić information content (AvgIpc) is 2.37. The van der Waals surface area contributed by atoms with E-state index >= 15 is 0 Å². The number of nitrogens with zero attached hydrogens (tertiary/aromatic N) is 1. The second-order valence-electron chi connectivity index (χ2n) is 3.60. The number of carbonyl (C=O) groups excluding carboxylic acids is 1. The van der Waals surface area contributed by atoms with E-state index in [0.29, 0.717) is 12.3 Å². The highest BCUT2D eigenvalue weighted by molar-refractivity contribution is 7.99. The van der Waals surface area contributed by atoms with Crippen LogP contribution in [0.25, 0.3) is 0 Å². The van der Waals surface area contributed by atoms with Crippen LogP contribution < -0.4 is 4.90 Å².